The molecule has 0 spiro atoms. The molecule has 0 aromatic heterocycles. The first-order valence-electron chi connectivity index (χ1n) is 9.62. The molecule has 26 heavy (non-hydrogen) atoms. The van der Waals surface area contributed by atoms with E-state index in [9.17, 15) is 4.79 Å². The van der Waals surface area contributed by atoms with Crippen molar-refractivity contribution in [3.8, 4) is 0 Å². The summed E-state index contributed by atoms with van der Waals surface area (Å²) in [7, 11) is 0. The molecule has 0 aliphatic heterocycles. The molecular weight excluding hydrogens is 328 g/mol. The van der Waals surface area contributed by atoms with Crippen molar-refractivity contribution in [1.82, 2.24) is 0 Å². The van der Waals surface area contributed by atoms with E-state index in [0.717, 1.165) is 25.3 Å². The van der Waals surface area contributed by atoms with Gasteiger partial charge in [0.15, 0.2) is 0 Å². The molecule has 0 rings (SSSR count). The second-order valence-corrected chi connectivity index (χ2v) is 6.15. The lowest BCUT2D eigenvalue weighted by Gasteiger charge is -2.03. The van der Waals surface area contributed by atoms with Gasteiger partial charge in [-0.3, -0.25) is 0 Å². The third-order valence-corrected chi connectivity index (χ3v) is 3.83. The molecule has 0 aliphatic rings. The average Bonchev–Trinajstić information content (AvgIpc) is 2.63. The number of carboxylic acids is 1. The minimum absolute atomic E-state index is 0.567. The first kappa shape index (κ1) is 23.9. The maximum absolute atomic E-state index is 10.3. The zero-order valence-corrected chi connectivity index (χ0v) is 16.0. The molecule has 2 N–H and O–H groups in total. The monoisotopic (exact) mass is 362 g/mol. The Balaban J connectivity index is 3.83. The van der Waals surface area contributed by atoms with Gasteiger partial charge in [-0.05, 0) is 12.5 Å². The van der Waals surface area contributed by atoms with E-state index in [1.165, 1.54) is 51.0 Å². The van der Waals surface area contributed by atoms with Crippen LogP contribution in [-0.4, -0.2) is 16.3 Å². The van der Waals surface area contributed by atoms with Gasteiger partial charge >= 0.3 is 5.97 Å². The van der Waals surface area contributed by atoms with Crippen LogP contribution in [0.15, 0.2) is 60.4 Å². The molecule has 0 aliphatic carbocycles. The molecule has 0 atom stereocenters. The fraction of sp³-hybridized carbons (Fsp3) is 0.500. The Hall–Kier alpha value is -2.07. The molecule has 0 fully saturated rings. The van der Waals surface area contributed by atoms with Gasteiger partial charge in [-0.1, -0.05) is 101 Å². The van der Waals surface area contributed by atoms with Crippen molar-refractivity contribution in [2.45, 2.75) is 71.1 Å². The SMILES string of the molecule is CCCCCCCCCCCC(=CC=CC=CC=CC=CC(=O)O)OO. The Morgan fingerprint density at radius 1 is 0.769 bits per heavy atom. The molecule has 0 aromatic carbocycles. The van der Waals surface area contributed by atoms with Crippen molar-refractivity contribution in [2.24, 2.45) is 0 Å². The molecular formula is C22H34O4. The zero-order chi connectivity index (χ0) is 19.3. The summed E-state index contributed by atoms with van der Waals surface area (Å²) in [4.78, 5) is 14.7. The fourth-order valence-electron chi connectivity index (χ4n) is 2.39. The van der Waals surface area contributed by atoms with Crippen molar-refractivity contribution in [2.75, 3.05) is 0 Å². The second kappa shape index (κ2) is 19.3. The molecule has 4 heteroatoms. The molecule has 0 saturated heterocycles. The average molecular weight is 363 g/mol. The van der Waals surface area contributed by atoms with E-state index >= 15 is 0 Å². The van der Waals surface area contributed by atoms with Crippen LogP contribution in [0.3, 0.4) is 0 Å². The van der Waals surface area contributed by atoms with Crippen LogP contribution < -0.4 is 0 Å². The lowest BCUT2D eigenvalue weighted by atomic mass is 10.1. The Labute approximate surface area is 158 Å². The first-order chi connectivity index (χ1) is 12.7. The topological polar surface area (TPSA) is 66.8 Å². The number of carboxylic acid groups (broad SMARTS) is 1. The molecule has 146 valence electrons. The normalized spacial score (nSPS) is 12.9. The lowest BCUT2D eigenvalue weighted by molar-refractivity contribution is -0.205. The molecule has 0 bridgehead atoms. The highest BCUT2D eigenvalue weighted by Crippen LogP contribution is 2.13. The Morgan fingerprint density at radius 2 is 1.27 bits per heavy atom. The predicted octanol–water partition coefficient (Wildman–Crippen LogP) is 6.59. The number of rotatable bonds is 16. The molecule has 0 radical (unpaired) electrons. The van der Waals surface area contributed by atoms with Gasteiger partial charge in [0.05, 0.1) is 0 Å². The standard InChI is InChI=1S/C22H34O4/c1-2-3-4-5-6-7-9-12-15-18-21(26-25)19-16-13-10-8-11-14-17-20-22(23)24/h8,10-11,13-14,16-17,19-20,25H,2-7,9,12,15,18H2,1H3,(H,23,24). The highest BCUT2D eigenvalue weighted by molar-refractivity contribution is 5.80. The van der Waals surface area contributed by atoms with E-state index in [4.69, 9.17) is 10.4 Å². The summed E-state index contributed by atoms with van der Waals surface area (Å²) in [5.41, 5.74) is 0. The van der Waals surface area contributed by atoms with E-state index in [-0.39, 0.29) is 0 Å². The quantitative estimate of drug-likeness (QED) is 0.0811. The predicted molar refractivity (Wildman–Crippen MR) is 108 cm³/mol. The molecule has 0 heterocycles. The van der Waals surface area contributed by atoms with Crippen molar-refractivity contribution in [3.05, 3.63) is 60.4 Å². The summed E-state index contributed by atoms with van der Waals surface area (Å²) >= 11 is 0. The third kappa shape index (κ3) is 18.3. The Morgan fingerprint density at radius 3 is 1.81 bits per heavy atom. The van der Waals surface area contributed by atoms with Crippen LogP contribution in [0.2, 0.25) is 0 Å². The van der Waals surface area contributed by atoms with Crippen LogP contribution >= 0.6 is 0 Å². The largest absolute Gasteiger partial charge is 0.478 e. The van der Waals surface area contributed by atoms with Crippen LogP contribution in [0.4, 0.5) is 0 Å². The van der Waals surface area contributed by atoms with Gasteiger partial charge in [0.1, 0.15) is 5.76 Å². The highest BCUT2D eigenvalue weighted by Gasteiger charge is 1.97. The van der Waals surface area contributed by atoms with Crippen LogP contribution in [0.5, 0.6) is 0 Å². The van der Waals surface area contributed by atoms with Gasteiger partial charge < -0.3 is 9.99 Å². The van der Waals surface area contributed by atoms with Crippen molar-refractivity contribution in [1.29, 1.82) is 0 Å². The van der Waals surface area contributed by atoms with Crippen molar-refractivity contribution in [3.63, 3.8) is 0 Å². The van der Waals surface area contributed by atoms with Gasteiger partial charge in [0.2, 0.25) is 0 Å². The van der Waals surface area contributed by atoms with Crippen LogP contribution in [0.25, 0.3) is 0 Å². The fourth-order valence-corrected chi connectivity index (χ4v) is 2.39. The molecule has 0 aromatic rings. The third-order valence-electron chi connectivity index (χ3n) is 3.83. The molecule has 4 nitrogen and oxygen atoms in total. The van der Waals surface area contributed by atoms with E-state index in [2.05, 4.69) is 11.8 Å². The molecule has 0 amide bonds. The molecule has 0 unspecified atom stereocenters. The number of aliphatic carboxylic acids is 1. The number of hydrogen-bond acceptors (Lipinski definition) is 3. The highest BCUT2D eigenvalue weighted by atomic mass is 17.1. The summed E-state index contributed by atoms with van der Waals surface area (Å²) in [6, 6.07) is 0. The first-order valence-corrected chi connectivity index (χ1v) is 9.62. The summed E-state index contributed by atoms with van der Waals surface area (Å²) < 4.78 is 0. The van der Waals surface area contributed by atoms with E-state index < -0.39 is 5.97 Å². The zero-order valence-electron chi connectivity index (χ0n) is 16.0. The van der Waals surface area contributed by atoms with E-state index in [0.29, 0.717) is 5.76 Å². The van der Waals surface area contributed by atoms with E-state index in [1.807, 2.05) is 12.2 Å². The summed E-state index contributed by atoms with van der Waals surface area (Å²) in [6.45, 7) is 2.24. The smallest absolute Gasteiger partial charge is 0.328 e. The second-order valence-electron chi connectivity index (χ2n) is 6.15. The summed E-state index contributed by atoms with van der Waals surface area (Å²) in [5, 5.41) is 17.3. The minimum atomic E-state index is -0.966. The Kier molecular flexibility index (Phi) is 17.7. The number of carbonyl (C=O) groups is 1. The van der Waals surface area contributed by atoms with Crippen molar-refractivity contribution < 1.29 is 20.0 Å². The van der Waals surface area contributed by atoms with Crippen molar-refractivity contribution >= 4 is 5.97 Å². The van der Waals surface area contributed by atoms with Crippen LogP contribution in [0.1, 0.15) is 71.1 Å². The Bertz CT molecular complexity index is 484. The minimum Gasteiger partial charge on any atom is -0.478 e. The van der Waals surface area contributed by atoms with E-state index in [1.54, 1.807) is 30.4 Å². The van der Waals surface area contributed by atoms with Gasteiger partial charge in [0, 0.05) is 12.5 Å². The maximum atomic E-state index is 10.3. The van der Waals surface area contributed by atoms with Crippen LogP contribution in [0, 0.1) is 0 Å². The molecule has 0 saturated carbocycles. The summed E-state index contributed by atoms with van der Waals surface area (Å²) in [6.07, 6.45) is 27.0. The van der Waals surface area contributed by atoms with Crippen LogP contribution in [-0.2, 0) is 9.68 Å². The van der Waals surface area contributed by atoms with Gasteiger partial charge in [-0.25, -0.2) is 10.1 Å². The number of unbranched alkanes of at least 4 members (excludes halogenated alkanes) is 8. The number of hydrogen-bond donors (Lipinski definition) is 2. The summed E-state index contributed by atoms with van der Waals surface area (Å²) in [5.74, 6) is -0.398. The maximum Gasteiger partial charge on any atom is 0.328 e. The number of allylic oxidation sites excluding steroid dienone is 9. The van der Waals surface area contributed by atoms with Gasteiger partial charge in [-0.2, -0.15) is 0 Å². The lowest BCUT2D eigenvalue weighted by Crippen LogP contribution is -1.88. The van der Waals surface area contributed by atoms with Gasteiger partial charge in [0.25, 0.3) is 0 Å². The van der Waals surface area contributed by atoms with Gasteiger partial charge in [-0.15, -0.1) is 0 Å².